The molecule has 4 aromatic rings. The molecule has 0 fully saturated rings. The second kappa shape index (κ2) is 8.49. The summed E-state index contributed by atoms with van der Waals surface area (Å²) in [5.74, 6) is 0.868. The van der Waals surface area contributed by atoms with E-state index in [1.165, 1.54) is 17.8 Å². The van der Waals surface area contributed by atoms with Gasteiger partial charge in [-0.1, -0.05) is 47.6 Å². The number of rotatable bonds is 5. The number of halogens is 4. The van der Waals surface area contributed by atoms with Crippen molar-refractivity contribution in [3.63, 3.8) is 0 Å². The lowest BCUT2D eigenvalue weighted by atomic mass is 10.1. The summed E-state index contributed by atoms with van der Waals surface area (Å²) in [5.41, 5.74) is 1.38. The minimum atomic E-state index is -4.38. The zero-order valence-corrected chi connectivity index (χ0v) is 16.9. The highest BCUT2D eigenvalue weighted by atomic mass is 35.5. The Balaban J connectivity index is 1.70. The van der Waals surface area contributed by atoms with Crippen LogP contribution in [0.4, 0.5) is 13.2 Å². The molecule has 9 heteroatoms. The highest BCUT2D eigenvalue weighted by molar-refractivity contribution is 7.98. The molecule has 4 nitrogen and oxygen atoms in total. The number of hydrogen-bond acceptors (Lipinski definition) is 4. The third-order valence-electron chi connectivity index (χ3n) is 4.24. The van der Waals surface area contributed by atoms with Gasteiger partial charge in [-0.15, -0.1) is 10.2 Å². The molecule has 0 saturated heterocycles. The molecule has 0 bridgehead atoms. The normalized spacial score (nSPS) is 11.6. The molecule has 0 unspecified atom stereocenters. The molecule has 0 saturated carbocycles. The topological polar surface area (TPSA) is 43.6 Å². The monoisotopic (exact) mass is 446 g/mol. The summed E-state index contributed by atoms with van der Waals surface area (Å²) < 4.78 is 40.8. The maximum absolute atomic E-state index is 13.0. The number of nitrogens with zero attached hydrogens (tertiary/aromatic N) is 4. The first-order chi connectivity index (χ1) is 14.4. The number of hydrogen-bond donors (Lipinski definition) is 0. The van der Waals surface area contributed by atoms with Crippen LogP contribution in [-0.4, -0.2) is 19.7 Å². The molecule has 4 rings (SSSR count). The molecule has 0 N–H and O–H groups in total. The van der Waals surface area contributed by atoms with Crippen LogP contribution in [-0.2, 0) is 11.9 Å². The Bertz CT molecular complexity index is 1160. The molecule has 0 radical (unpaired) electrons. The van der Waals surface area contributed by atoms with Crippen LogP contribution in [0.1, 0.15) is 11.1 Å². The van der Waals surface area contributed by atoms with Crippen molar-refractivity contribution in [1.82, 2.24) is 19.7 Å². The van der Waals surface area contributed by atoms with Crippen molar-refractivity contribution in [2.45, 2.75) is 17.1 Å². The fourth-order valence-corrected chi connectivity index (χ4v) is 3.96. The predicted molar refractivity (Wildman–Crippen MR) is 111 cm³/mol. The number of benzene rings is 2. The molecule has 0 amide bonds. The lowest BCUT2D eigenvalue weighted by Gasteiger charge is -2.11. The number of aromatic nitrogens is 4. The molecule has 2 aromatic carbocycles. The van der Waals surface area contributed by atoms with Crippen LogP contribution in [0, 0.1) is 0 Å². The fraction of sp³-hybridized carbons (Fsp3) is 0.0952. The average molecular weight is 447 g/mol. The van der Waals surface area contributed by atoms with Gasteiger partial charge in [0, 0.05) is 28.7 Å². The molecule has 0 atom stereocenters. The van der Waals surface area contributed by atoms with Crippen LogP contribution in [0.5, 0.6) is 0 Å². The van der Waals surface area contributed by atoms with Crippen molar-refractivity contribution in [2.24, 2.45) is 0 Å². The molecule has 152 valence electrons. The van der Waals surface area contributed by atoms with Gasteiger partial charge in [-0.25, -0.2) is 0 Å². The van der Waals surface area contributed by atoms with Gasteiger partial charge in [-0.3, -0.25) is 9.55 Å². The van der Waals surface area contributed by atoms with Crippen molar-refractivity contribution >= 4 is 23.4 Å². The molecule has 2 aromatic heterocycles. The molecular formula is C21H14ClF3N4S. The van der Waals surface area contributed by atoms with Crippen molar-refractivity contribution in [3.05, 3.63) is 89.2 Å². The lowest BCUT2D eigenvalue weighted by Crippen LogP contribution is -2.05. The summed E-state index contributed by atoms with van der Waals surface area (Å²) in [5, 5.41) is 9.64. The minimum absolute atomic E-state index is 0.301. The van der Waals surface area contributed by atoms with Crippen LogP contribution in [0.25, 0.3) is 17.1 Å². The van der Waals surface area contributed by atoms with Gasteiger partial charge in [-0.05, 0) is 42.0 Å². The van der Waals surface area contributed by atoms with Crippen LogP contribution in [0.3, 0.4) is 0 Å². The Morgan fingerprint density at radius 3 is 2.53 bits per heavy atom. The van der Waals surface area contributed by atoms with Gasteiger partial charge in [0.25, 0.3) is 0 Å². The van der Waals surface area contributed by atoms with Gasteiger partial charge in [0.05, 0.1) is 11.3 Å². The zero-order valence-electron chi connectivity index (χ0n) is 15.3. The first-order valence-electron chi connectivity index (χ1n) is 8.82. The van der Waals surface area contributed by atoms with E-state index in [2.05, 4.69) is 15.2 Å². The molecule has 0 spiro atoms. The maximum Gasteiger partial charge on any atom is 0.416 e. The summed E-state index contributed by atoms with van der Waals surface area (Å²) in [4.78, 5) is 4.13. The molecule has 0 aliphatic carbocycles. The fourth-order valence-electron chi connectivity index (χ4n) is 2.88. The summed E-state index contributed by atoms with van der Waals surface area (Å²) in [6.45, 7) is 0. The van der Waals surface area contributed by atoms with Crippen molar-refractivity contribution in [3.8, 4) is 17.1 Å². The van der Waals surface area contributed by atoms with E-state index in [0.717, 1.165) is 23.4 Å². The first-order valence-corrected chi connectivity index (χ1v) is 10.2. The van der Waals surface area contributed by atoms with Crippen LogP contribution < -0.4 is 0 Å². The van der Waals surface area contributed by atoms with Crippen molar-refractivity contribution < 1.29 is 13.2 Å². The van der Waals surface area contributed by atoms with Gasteiger partial charge in [0.2, 0.25) is 0 Å². The van der Waals surface area contributed by atoms with E-state index in [0.29, 0.717) is 27.3 Å². The second-order valence-electron chi connectivity index (χ2n) is 6.35. The summed E-state index contributed by atoms with van der Waals surface area (Å²) in [6.07, 6.45) is -1.05. The van der Waals surface area contributed by atoms with Crippen molar-refractivity contribution in [2.75, 3.05) is 0 Å². The zero-order chi connectivity index (χ0) is 21.1. The third-order valence-corrected chi connectivity index (χ3v) is 5.48. The van der Waals surface area contributed by atoms with E-state index in [-0.39, 0.29) is 0 Å². The molecule has 2 heterocycles. The second-order valence-corrected chi connectivity index (χ2v) is 7.73. The number of thioether (sulfide) groups is 1. The Hall–Kier alpha value is -2.84. The number of alkyl halides is 3. The van der Waals surface area contributed by atoms with Gasteiger partial charge in [0.15, 0.2) is 11.0 Å². The highest BCUT2D eigenvalue weighted by Gasteiger charge is 2.30. The molecule has 30 heavy (non-hydrogen) atoms. The SMILES string of the molecule is FC(F)(F)c1cccc(CSc2nnc(-c3cccnc3)n2-c2cccc(Cl)c2)c1. The Kier molecular flexibility index (Phi) is 5.78. The van der Waals surface area contributed by atoms with Crippen LogP contribution in [0.2, 0.25) is 5.02 Å². The standard InChI is InChI=1S/C21H14ClF3N4S/c22-17-7-2-8-18(11-17)29-19(15-5-3-9-26-12-15)27-28-20(29)30-13-14-4-1-6-16(10-14)21(23,24)25/h1-12H,13H2. The average Bonchev–Trinajstić information content (AvgIpc) is 3.16. The van der Waals surface area contributed by atoms with E-state index in [9.17, 15) is 13.2 Å². The van der Waals surface area contributed by atoms with Crippen molar-refractivity contribution in [1.29, 1.82) is 0 Å². The summed E-state index contributed by atoms with van der Waals surface area (Å²) in [6, 6.07) is 16.1. The van der Waals surface area contributed by atoms with Crippen LogP contribution >= 0.6 is 23.4 Å². The van der Waals surface area contributed by atoms with Gasteiger partial charge in [0.1, 0.15) is 0 Å². The van der Waals surface area contributed by atoms with E-state index in [1.807, 2.05) is 22.8 Å². The Labute approximate surface area is 179 Å². The maximum atomic E-state index is 13.0. The first kappa shape index (κ1) is 20.4. The van der Waals surface area contributed by atoms with Gasteiger partial charge < -0.3 is 0 Å². The minimum Gasteiger partial charge on any atom is -0.270 e. The van der Waals surface area contributed by atoms with E-state index < -0.39 is 11.7 Å². The van der Waals surface area contributed by atoms with Gasteiger partial charge >= 0.3 is 6.18 Å². The smallest absolute Gasteiger partial charge is 0.270 e. The Morgan fingerprint density at radius 1 is 0.967 bits per heavy atom. The third kappa shape index (κ3) is 4.49. The van der Waals surface area contributed by atoms with E-state index >= 15 is 0 Å². The largest absolute Gasteiger partial charge is 0.416 e. The molecular weight excluding hydrogens is 433 g/mol. The molecule has 0 aliphatic rings. The molecule has 0 aliphatic heterocycles. The quantitative estimate of drug-likeness (QED) is 0.338. The van der Waals surface area contributed by atoms with E-state index in [4.69, 9.17) is 11.6 Å². The van der Waals surface area contributed by atoms with E-state index in [1.54, 1.807) is 36.7 Å². The summed E-state index contributed by atoms with van der Waals surface area (Å²) >= 11 is 7.46. The predicted octanol–water partition coefficient (Wildman–Crippen LogP) is 6.29. The summed E-state index contributed by atoms with van der Waals surface area (Å²) in [7, 11) is 0. The Morgan fingerprint density at radius 2 is 1.80 bits per heavy atom. The number of pyridine rings is 1. The van der Waals surface area contributed by atoms with Crippen LogP contribution in [0.15, 0.2) is 78.2 Å². The highest BCUT2D eigenvalue weighted by Crippen LogP contribution is 2.33. The van der Waals surface area contributed by atoms with Gasteiger partial charge in [-0.2, -0.15) is 13.2 Å². The lowest BCUT2D eigenvalue weighted by molar-refractivity contribution is -0.137.